The van der Waals surface area contributed by atoms with Crippen molar-refractivity contribution < 1.29 is 14.3 Å². The van der Waals surface area contributed by atoms with Gasteiger partial charge in [-0.1, -0.05) is 41.6 Å². The minimum absolute atomic E-state index is 0.0882. The molecule has 3 rings (SSSR count). The fourth-order valence-corrected chi connectivity index (χ4v) is 3.58. The molecule has 1 unspecified atom stereocenters. The molecule has 1 aliphatic heterocycles. The third-order valence-electron chi connectivity index (χ3n) is 3.61. The lowest BCUT2D eigenvalue weighted by Crippen LogP contribution is -2.18. The maximum absolute atomic E-state index is 12.2. The SMILES string of the molecule is COc1ccc(C2NC(=O)C(=Cc3ccc(Cl)cc3)S2)cc1OC. The van der Waals surface area contributed by atoms with Crippen molar-refractivity contribution in [3.63, 3.8) is 0 Å². The first-order chi connectivity index (χ1) is 11.6. The molecule has 1 saturated heterocycles. The van der Waals surface area contributed by atoms with Gasteiger partial charge in [0.25, 0.3) is 5.91 Å². The van der Waals surface area contributed by atoms with Gasteiger partial charge in [-0.3, -0.25) is 4.79 Å². The van der Waals surface area contributed by atoms with Crippen LogP contribution < -0.4 is 14.8 Å². The molecule has 1 amide bonds. The lowest BCUT2D eigenvalue weighted by atomic mass is 10.2. The standard InChI is InChI=1S/C18H16ClNO3S/c1-22-14-8-5-12(10-15(14)23-2)18-20-17(21)16(24-18)9-11-3-6-13(19)7-4-11/h3-10,18H,1-2H3,(H,20,21). The van der Waals surface area contributed by atoms with Gasteiger partial charge < -0.3 is 14.8 Å². The van der Waals surface area contributed by atoms with E-state index in [1.807, 2.05) is 36.4 Å². The Morgan fingerprint density at radius 2 is 1.79 bits per heavy atom. The number of hydrogen-bond acceptors (Lipinski definition) is 4. The lowest BCUT2D eigenvalue weighted by Gasteiger charge is -2.13. The Morgan fingerprint density at radius 1 is 1.08 bits per heavy atom. The topological polar surface area (TPSA) is 47.6 Å². The Morgan fingerprint density at radius 3 is 2.46 bits per heavy atom. The number of thioether (sulfide) groups is 1. The van der Waals surface area contributed by atoms with E-state index >= 15 is 0 Å². The molecule has 1 heterocycles. The van der Waals surface area contributed by atoms with Crippen molar-refractivity contribution in [3.05, 3.63) is 63.5 Å². The first kappa shape index (κ1) is 16.7. The summed E-state index contributed by atoms with van der Waals surface area (Å²) < 4.78 is 10.6. The number of hydrogen-bond donors (Lipinski definition) is 1. The molecular weight excluding hydrogens is 346 g/mol. The van der Waals surface area contributed by atoms with Crippen LogP contribution >= 0.6 is 23.4 Å². The van der Waals surface area contributed by atoms with Crippen molar-refractivity contribution in [3.8, 4) is 11.5 Å². The van der Waals surface area contributed by atoms with Crippen molar-refractivity contribution in [2.24, 2.45) is 0 Å². The molecule has 0 spiro atoms. The van der Waals surface area contributed by atoms with E-state index in [4.69, 9.17) is 21.1 Å². The van der Waals surface area contributed by atoms with Gasteiger partial charge in [-0.25, -0.2) is 0 Å². The molecule has 1 N–H and O–H groups in total. The Balaban J connectivity index is 1.83. The van der Waals surface area contributed by atoms with Gasteiger partial charge in [0.15, 0.2) is 11.5 Å². The number of carbonyl (C=O) groups excluding carboxylic acids is 1. The molecule has 4 nitrogen and oxygen atoms in total. The second-order valence-corrected chi connectivity index (χ2v) is 6.73. The van der Waals surface area contributed by atoms with Crippen molar-refractivity contribution in [1.29, 1.82) is 0 Å². The van der Waals surface area contributed by atoms with E-state index in [0.717, 1.165) is 11.1 Å². The Bertz CT molecular complexity index is 789. The molecule has 0 saturated carbocycles. The van der Waals surface area contributed by atoms with Crippen LogP contribution in [-0.4, -0.2) is 20.1 Å². The molecule has 1 fully saturated rings. The second-order valence-electron chi connectivity index (χ2n) is 5.15. The summed E-state index contributed by atoms with van der Waals surface area (Å²) in [7, 11) is 3.18. The number of amides is 1. The van der Waals surface area contributed by atoms with Gasteiger partial charge in [0, 0.05) is 5.02 Å². The maximum Gasteiger partial charge on any atom is 0.258 e. The molecule has 0 aromatic heterocycles. The first-order valence-corrected chi connectivity index (χ1v) is 8.53. The quantitative estimate of drug-likeness (QED) is 0.826. The number of ether oxygens (including phenoxy) is 2. The van der Waals surface area contributed by atoms with Crippen LogP contribution in [0.5, 0.6) is 11.5 Å². The van der Waals surface area contributed by atoms with Gasteiger partial charge >= 0.3 is 0 Å². The van der Waals surface area contributed by atoms with Crippen molar-refractivity contribution in [2.45, 2.75) is 5.37 Å². The fraction of sp³-hybridized carbons (Fsp3) is 0.167. The summed E-state index contributed by atoms with van der Waals surface area (Å²) in [5.74, 6) is 1.21. The van der Waals surface area contributed by atoms with E-state index in [1.165, 1.54) is 11.8 Å². The highest BCUT2D eigenvalue weighted by Gasteiger charge is 2.29. The number of methoxy groups -OCH3 is 2. The zero-order valence-electron chi connectivity index (χ0n) is 13.2. The molecule has 0 bridgehead atoms. The number of rotatable bonds is 4. The molecule has 0 radical (unpaired) electrons. The number of halogens is 1. The zero-order chi connectivity index (χ0) is 17.1. The lowest BCUT2D eigenvalue weighted by molar-refractivity contribution is -0.116. The van der Waals surface area contributed by atoms with E-state index in [2.05, 4.69) is 5.32 Å². The van der Waals surface area contributed by atoms with Crippen LogP contribution in [0.15, 0.2) is 47.4 Å². The van der Waals surface area contributed by atoms with Crippen LogP contribution in [0.1, 0.15) is 16.5 Å². The largest absolute Gasteiger partial charge is 0.493 e. The second kappa shape index (κ2) is 7.20. The Kier molecular flexibility index (Phi) is 5.02. The monoisotopic (exact) mass is 361 g/mol. The summed E-state index contributed by atoms with van der Waals surface area (Å²) >= 11 is 7.36. The van der Waals surface area contributed by atoms with E-state index in [0.29, 0.717) is 21.4 Å². The first-order valence-electron chi connectivity index (χ1n) is 7.27. The smallest absolute Gasteiger partial charge is 0.258 e. The average Bonchev–Trinajstić information content (AvgIpc) is 2.97. The Labute approximate surface area is 149 Å². The van der Waals surface area contributed by atoms with Gasteiger partial charge in [-0.15, -0.1) is 0 Å². The summed E-state index contributed by atoms with van der Waals surface area (Å²) in [6.45, 7) is 0. The Hall–Kier alpha value is -2.11. The van der Waals surface area contributed by atoms with Crippen molar-refractivity contribution in [2.75, 3.05) is 14.2 Å². The number of benzene rings is 2. The van der Waals surface area contributed by atoms with Crippen LogP contribution in [-0.2, 0) is 4.79 Å². The highest BCUT2D eigenvalue weighted by atomic mass is 35.5. The summed E-state index contributed by atoms with van der Waals surface area (Å²) in [4.78, 5) is 12.9. The predicted molar refractivity (Wildman–Crippen MR) is 97.4 cm³/mol. The molecule has 24 heavy (non-hydrogen) atoms. The molecule has 2 aromatic carbocycles. The van der Waals surface area contributed by atoms with Crippen LogP contribution in [0.2, 0.25) is 5.02 Å². The molecule has 0 aliphatic carbocycles. The molecule has 124 valence electrons. The van der Waals surface area contributed by atoms with Gasteiger partial charge in [0.1, 0.15) is 5.37 Å². The van der Waals surface area contributed by atoms with E-state index in [1.54, 1.807) is 26.4 Å². The van der Waals surface area contributed by atoms with E-state index in [-0.39, 0.29) is 11.3 Å². The number of nitrogens with one attached hydrogen (secondary N) is 1. The molecule has 6 heteroatoms. The van der Waals surface area contributed by atoms with Gasteiger partial charge in [0.2, 0.25) is 0 Å². The summed E-state index contributed by atoms with van der Waals surface area (Å²) in [6, 6.07) is 13.0. The highest BCUT2D eigenvalue weighted by molar-refractivity contribution is 8.04. The summed E-state index contributed by atoms with van der Waals surface area (Å²) in [6.07, 6.45) is 1.86. The van der Waals surface area contributed by atoms with E-state index < -0.39 is 0 Å². The third kappa shape index (κ3) is 3.52. The highest BCUT2D eigenvalue weighted by Crippen LogP contribution is 2.41. The molecule has 1 atom stereocenters. The van der Waals surface area contributed by atoms with Crippen molar-refractivity contribution >= 4 is 35.3 Å². The maximum atomic E-state index is 12.2. The van der Waals surface area contributed by atoms with Crippen LogP contribution in [0.25, 0.3) is 6.08 Å². The summed E-state index contributed by atoms with van der Waals surface area (Å²) in [5.41, 5.74) is 1.88. The van der Waals surface area contributed by atoms with E-state index in [9.17, 15) is 4.79 Å². The van der Waals surface area contributed by atoms with Crippen LogP contribution in [0, 0.1) is 0 Å². The molecule has 1 aliphatic rings. The van der Waals surface area contributed by atoms with Gasteiger partial charge in [-0.05, 0) is 41.5 Å². The minimum Gasteiger partial charge on any atom is -0.493 e. The zero-order valence-corrected chi connectivity index (χ0v) is 14.8. The average molecular weight is 362 g/mol. The molecular formula is C18H16ClNO3S. The summed E-state index contributed by atoms with van der Waals surface area (Å²) in [5, 5.41) is 3.49. The fourth-order valence-electron chi connectivity index (χ4n) is 2.38. The number of carbonyl (C=O) groups is 1. The predicted octanol–water partition coefficient (Wildman–Crippen LogP) is 4.26. The molecule has 2 aromatic rings. The third-order valence-corrected chi connectivity index (χ3v) is 5.04. The van der Waals surface area contributed by atoms with Crippen LogP contribution in [0.3, 0.4) is 0 Å². The normalized spacial score (nSPS) is 18.5. The van der Waals surface area contributed by atoms with Crippen LogP contribution in [0.4, 0.5) is 0 Å². The van der Waals surface area contributed by atoms with Gasteiger partial charge in [0.05, 0.1) is 19.1 Å². The van der Waals surface area contributed by atoms with Crippen molar-refractivity contribution in [1.82, 2.24) is 5.32 Å². The minimum atomic E-state index is -0.157. The van der Waals surface area contributed by atoms with Gasteiger partial charge in [-0.2, -0.15) is 0 Å².